The predicted molar refractivity (Wildman–Crippen MR) is 504 cm³/mol. The topological polar surface area (TPSA) is 411 Å². The second-order valence-electron chi connectivity index (χ2n) is 37.1. The highest BCUT2D eigenvalue weighted by atomic mass is 16.7. The number of carbonyl (C=O) groups is 5. The molecule has 3 atom stereocenters. The van der Waals surface area contributed by atoms with E-state index in [-0.39, 0.29) is 99.0 Å². The second-order valence-corrected chi connectivity index (χ2v) is 37.1. The predicted octanol–water partition coefficient (Wildman–Crippen LogP) is 10.2. The Morgan fingerprint density at radius 2 is 1.05 bits per heavy atom. The highest BCUT2D eigenvalue weighted by molar-refractivity contribution is 6.27. The van der Waals surface area contributed by atoms with Crippen molar-refractivity contribution in [2.24, 2.45) is 0 Å². The fourth-order valence-electron chi connectivity index (χ4n) is 21.9. The molecule has 1 amide bonds. The SMILES string of the molecule is CC[C@@]1(O)C(=O)OCc2c1cc1n(c2=O)Cc2cc3ccccc3nc2-1.CCc1c2c(nc3ccc(O)c(CN(C)C)c13)-c1cc3c(c(=O)n1C2)COC(=O)[C@]3(O)CC.CCc1c2c(nc3ccc(OC(=O)N4CCC(N5CCCCC5)CC4)cc13)-c1cc3c(c(=O)n1C2)COC(=O)[C@]3(O)CC.O=C1c2cc3c(cc2-c2c1c1cc(CO)c(CO)cc1c(=O)n2CCCN1CCOCC1)OCO3. The number of aliphatic hydroxyl groups excluding tert-OH is 2. The molecule has 7 aromatic heterocycles. The zero-order chi connectivity index (χ0) is 95.7. The van der Waals surface area contributed by atoms with Crippen LogP contribution in [0.4, 0.5) is 4.79 Å². The molecule has 3 saturated heterocycles. The summed E-state index contributed by atoms with van der Waals surface area (Å²) in [7, 11) is 3.89. The van der Waals surface area contributed by atoms with Crippen LogP contribution in [0.15, 0.2) is 122 Å². The number of fused-ring (bicyclic) bond motifs is 21. The smallest absolute Gasteiger partial charge is 0.415 e. The Bertz CT molecular complexity index is 7360. The van der Waals surface area contributed by atoms with Crippen LogP contribution < -0.4 is 36.4 Å². The van der Waals surface area contributed by atoms with Crippen molar-refractivity contribution >= 4 is 73.3 Å². The van der Waals surface area contributed by atoms with Gasteiger partial charge in [-0.25, -0.2) is 34.1 Å². The number of piperidine rings is 2. The molecule has 33 heteroatoms. The average molecular weight is 1860 g/mol. The minimum absolute atomic E-state index is 0.0904. The highest BCUT2D eigenvalue weighted by Gasteiger charge is 2.50. The number of nitrogens with zero attached hydrogens (tertiary/aromatic N) is 11. The number of hydrogen-bond donors (Lipinski definition) is 6. The Hall–Kier alpha value is -13.2. The number of aliphatic hydroxyl groups is 5. The summed E-state index contributed by atoms with van der Waals surface area (Å²) in [5, 5.41) is 67.0. The monoisotopic (exact) mass is 1860 g/mol. The van der Waals surface area contributed by atoms with Crippen LogP contribution in [0.3, 0.4) is 0 Å². The van der Waals surface area contributed by atoms with Crippen molar-refractivity contribution in [2.45, 2.75) is 194 Å². The van der Waals surface area contributed by atoms with Crippen LogP contribution in [0, 0.1) is 0 Å². The van der Waals surface area contributed by atoms with Gasteiger partial charge in [-0.1, -0.05) is 59.2 Å². The van der Waals surface area contributed by atoms with E-state index in [4.69, 9.17) is 48.1 Å². The lowest BCUT2D eigenvalue weighted by Crippen LogP contribution is -2.48. The van der Waals surface area contributed by atoms with Crippen molar-refractivity contribution in [2.75, 3.05) is 79.9 Å². The van der Waals surface area contributed by atoms with Gasteiger partial charge < -0.3 is 96.8 Å². The fourth-order valence-corrected chi connectivity index (χ4v) is 21.9. The molecule has 137 heavy (non-hydrogen) atoms. The third-order valence-electron chi connectivity index (χ3n) is 29.4. The first-order valence-corrected chi connectivity index (χ1v) is 47.3. The lowest BCUT2D eigenvalue weighted by atomic mass is 9.86. The van der Waals surface area contributed by atoms with Crippen molar-refractivity contribution in [1.82, 2.24) is 52.8 Å². The Kier molecular flexibility index (Phi) is 24.1. The number of aromatic nitrogens is 7. The lowest BCUT2D eigenvalue weighted by Gasteiger charge is -2.39. The first kappa shape index (κ1) is 91.5. The normalized spacial score (nSPS) is 19.7. The number of ether oxygens (including phenoxy) is 7. The van der Waals surface area contributed by atoms with Crippen LogP contribution in [0.1, 0.15) is 186 Å². The molecule has 12 aromatic rings. The van der Waals surface area contributed by atoms with Gasteiger partial charge in [0, 0.05) is 129 Å². The van der Waals surface area contributed by atoms with Crippen LogP contribution in [0.5, 0.6) is 23.0 Å². The molecule has 5 aromatic carbocycles. The number of amides is 1. The third kappa shape index (κ3) is 15.3. The maximum absolute atomic E-state index is 13.8. The summed E-state index contributed by atoms with van der Waals surface area (Å²) in [6.45, 7) is 18.0. The summed E-state index contributed by atoms with van der Waals surface area (Å²) in [6, 6.07) is 31.2. The number of para-hydroxylation sites is 1. The van der Waals surface area contributed by atoms with Crippen molar-refractivity contribution in [3.05, 3.63) is 234 Å². The summed E-state index contributed by atoms with van der Waals surface area (Å²) in [5.74, 6) is -0.623. The van der Waals surface area contributed by atoms with Crippen molar-refractivity contribution < 1.29 is 87.8 Å². The number of hydrogen-bond acceptors (Lipinski definition) is 28. The van der Waals surface area contributed by atoms with Gasteiger partial charge in [-0.05, 0) is 199 Å². The largest absolute Gasteiger partial charge is 0.508 e. The third-order valence-corrected chi connectivity index (χ3v) is 29.4. The molecule has 0 saturated carbocycles. The number of phenols is 1. The van der Waals surface area contributed by atoms with E-state index >= 15 is 0 Å². The van der Waals surface area contributed by atoms with Crippen molar-refractivity contribution in [3.8, 4) is 68.4 Å². The number of ketones is 1. The van der Waals surface area contributed by atoms with Gasteiger partial charge in [-0.15, -0.1) is 0 Å². The van der Waals surface area contributed by atoms with Gasteiger partial charge in [0.2, 0.25) is 6.79 Å². The Balaban J connectivity index is 0.000000114. The first-order chi connectivity index (χ1) is 66.1. The molecule has 23 rings (SSSR count). The summed E-state index contributed by atoms with van der Waals surface area (Å²) in [6.07, 6.45) is 7.94. The molecule has 11 aliphatic rings. The van der Waals surface area contributed by atoms with Crippen LogP contribution in [0.2, 0.25) is 0 Å². The Labute approximate surface area is 785 Å². The van der Waals surface area contributed by atoms with Gasteiger partial charge in [0.15, 0.2) is 34.1 Å². The minimum atomic E-state index is -1.86. The Morgan fingerprint density at radius 1 is 0.518 bits per heavy atom. The van der Waals surface area contributed by atoms with Gasteiger partial charge in [-0.2, -0.15) is 0 Å². The van der Waals surface area contributed by atoms with Gasteiger partial charge in [0.1, 0.15) is 31.3 Å². The molecule has 0 bridgehead atoms. The van der Waals surface area contributed by atoms with E-state index in [2.05, 4.69) is 23.6 Å². The molecule has 0 spiro atoms. The van der Waals surface area contributed by atoms with Gasteiger partial charge >= 0.3 is 24.0 Å². The summed E-state index contributed by atoms with van der Waals surface area (Å²) >= 11 is 0. The zero-order valence-electron chi connectivity index (χ0n) is 77.4. The fraction of sp³-hybridized carbons (Fsp3) is 0.404. The molecule has 33 nitrogen and oxygen atoms in total. The van der Waals surface area contributed by atoms with Crippen molar-refractivity contribution in [1.29, 1.82) is 0 Å². The summed E-state index contributed by atoms with van der Waals surface area (Å²) in [4.78, 5) is 141. The van der Waals surface area contributed by atoms with Gasteiger partial charge in [0.25, 0.3) is 22.2 Å². The van der Waals surface area contributed by atoms with E-state index in [0.29, 0.717) is 201 Å². The number of pyridine rings is 7. The highest BCUT2D eigenvalue weighted by Crippen LogP contribution is 2.50. The number of rotatable bonds is 15. The van der Waals surface area contributed by atoms with Gasteiger partial charge in [-0.3, -0.25) is 28.9 Å². The van der Waals surface area contributed by atoms with Crippen LogP contribution in [-0.2, 0) is 129 Å². The number of aromatic hydroxyl groups is 1. The molecule has 0 unspecified atom stereocenters. The number of benzene rings is 5. The lowest BCUT2D eigenvalue weighted by molar-refractivity contribution is -0.172. The van der Waals surface area contributed by atoms with E-state index in [1.54, 1.807) is 99.7 Å². The number of cyclic esters (lactones) is 3. The second kappa shape index (κ2) is 36.0. The molecule has 1 aliphatic carbocycles. The van der Waals surface area contributed by atoms with Gasteiger partial charge in [0.05, 0.1) is 125 Å². The van der Waals surface area contributed by atoms with E-state index in [9.17, 15) is 73.8 Å². The number of phenolic OH excluding ortho intramolecular Hbond substituents is 1. The number of esters is 3. The average Bonchev–Trinajstić information content (AvgIpc) is 1.55. The number of morpholine rings is 1. The van der Waals surface area contributed by atoms with Crippen LogP contribution >= 0.6 is 0 Å². The number of carbonyl (C=O) groups excluding carboxylic acids is 5. The maximum Gasteiger partial charge on any atom is 0.415 e. The molecule has 3 fully saturated rings. The zero-order valence-corrected chi connectivity index (χ0v) is 77.4. The van der Waals surface area contributed by atoms with E-state index < -0.39 is 34.7 Å². The minimum Gasteiger partial charge on any atom is -0.508 e. The Morgan fingerprint density at radius 3 is 1.62 bits per heavy atom. The van der Waals surface area contributed by atoms with E-state index in [1.807, 2.05) is 66.4 Å². The van der Waals surface area contributed by atoms with Crippen LogP contribution in [-0.4, -0.2) is 199 Å². The summed E-state index contributed by atoms with van der Waals surface area (Å²) < 4.78 is 44.4. The van der Waals surface area contributed by atoms with E-state index in [0.717, 1.165) is 111 Å². The standard InChI is InChI=1S/C33H38N4O6.C26H26N2O7.C25H27N3O5.C20H16N2O4/c1-3-22-23-16-21(43-32(40)36-14-10-20(11-15-36)35-12-6-5-7-13-35)8-9-27(23)34-29-24(22)18-37-28(29)17-26-25(30(37)38)19-42-31(39)33(26,41)4-2;29-12-15-8-17-20(9-16(15)13-30)26(32)28(3-1-2-27-4-6-33-7-5-27)24-18-10-21-22(35-14-34-21)11-19(18)25(31)23(17)24;1-5-13-14-11-28-19(9-17-16(23(28)30)12-33-24(31)25(17,32)6-2)22(14)26-18-7-8-20(29)15(21(13)18)10-27(3)4;1-2-20(25)14-8-16-17-12(7-11-5-3-4-6-15(11)21-17)9-22(16)18(23)13(14)10-26-19(20)24/h8-9,16-17,20,41H,3-7,10-15,18-19H2,1-2H3;8-11,29-30H,1-7,12-14H2;7-9,29,32H,5-6,10-12H2,1-4H3;3-8,25H,2,9-10H2,1H3/t33-;;25-;20-/m0.00/s1. The maximum atomic E-state index is 13.8. The molecular formula is C104H107N11O22. The van der Waals surface area contributed by atoms with Crippen LogP contribution in [0.25, 0.3) is 88.9 Å². The summed E-state index contributed by atoms with van der Waals surface area (Å²) in [5.41, 5.74) is 10.4. The molecule has 0 radical (unpaired) electrons. The molecule has 10 aliphatic heterocycles. The van der Waals surface area contributed by atoms with Crippen molar-refractivity contribution in [3.63, 3.8) is 0 Å². The number of aryl methyl sites for hydroxylation is 2. The molecule has 710 valence electrons. The van der Waals surface area contributed by atoms with E-state index in [1.165, 1.54) is 32.4 Å². The number of likely N-dealkylation sites (tertiary alicyclic amines) is 2. The first-order valence-electron chi connectivity index (χ1n) is 47.3. The quantitative estimate of drug-likeness (QED) is 0.0410. The molecule has 17 heterocycles. The molecule has 6 N–H and O–H groups in total. The molecular weight excluding hydrogens is 1760 g/mol.